The molecule has 0 radical (unpaired) electrons. The molecule has 9 heteroatoms. The standard InChI is InChI=1S/C21H29N5O4/c1-5-30-16(27)12-26-19(28)17-18(23(4)21(26)29)22-20-24(10-7-11-25(17)20)15-9-6-8-13(2)14(15)3/h6,8-9,17-18,20,22H,5,7,10-12H2,1-4H3. The van der Waals surface area contributed by atoms with Gasteiger partial charge in [-0.2, -0.15) is 0 Å². The van der Waals surface area contributed by atoms with Crippen LogP contribution in [0.25, 0.3) is 0 Å². The average Bonchev–Trinajstić information content (AvgIpc) is 3.12. The van der Waals surface area contributed by atoms with E-state index in [4.69, 9.17) is 4.74 Å². The van der Waals surface area contributed by atoms with Gasteiger partial charge < -0.3 is 14.5 Å². The minimum absolute atomic E-state index is 0.198. The Bertz CT molecular complexity index is 875. The summed E-state index contributed by atoms with van der Waals surface area (Å²) in [6.45, 7) is 7.33. The summed E-state index contributed by atoms with van der Waals surface area (Å²) < 4.78 is 4.95. The monoisotopic (exact) mass is 415 g/mol. The topological polar surface area (TPSA) is 85.4 Å². The Hall–Kier alpha value is -2.65. The zero-order chi connectivity index (χ0) is 21.6. The SMILES string of the molecule is CCOC(=O)CN1C(=O)C2C(NC3N(c4cccc(C)c4C)CCCN23)N(C)C1=O. The second-order valence-corrected chi connectivity index (χ2v) is 8.06. The molecule has 0 bridgehead atoms. The van der Waals surface area contributed by atoms with Crippen LogP contribution in [0.4, 0.5) is 10.5 Å². The van der Waals surface area contributed by atoms with Crippen LogP contribution in [0.15, 0.2) is 18.2 Å². The largest absolute Gasteiger partial charge is 0.465 e. The minimum atomic E-state index is -0.579. The van der Waals surface area contributed by atoms with Crippen molar-refractivity contribution in [2.45, 2.75) is 45.7 Å². The number of imide groups is 1. The summed E-state index contributed by atoms with van der Waals surface area (Å²) in [5.74, 6) is -0.932. The van der Waals surface area contributed by atoms with Crippen LogP contribution in [0, 0.1) is 13.8 Å². The van der Waals surface area contributed by atoms with Gasteiger partial charge in [0.25, 0.3) is 5.91 Å². The smallest absolute Gasteiger partial charge is 0.328 e. The molecule has 3 fully saturated rings. The van der Waals surface area contributed by atoms with Gasteiger partial charge in [-0.25, -0.2) is 4.79 Å². The van der Waals surface area contributed by atoms with Crippen LogP contribution in [-0.2, 0) is 14.3 Å². The van der Waals surface area contributed by atoms with Gasteiger partial charge in [-0.15, -0.1) is 0 Å². The lowest BCUT2D eigenvalue weighted by atomic mass is 10.1. The first-order valence-corrected chi connectivity index (χ1v) is 10.4. The van der Waals surface area contributed by atoms with Crippen LogP contribution in [0.3, 0.4) is 0 Å². The van der Waals surface area contributed by atoms with E-state index in [0.717, 1.165) is 30.1 Å². The highest BCUT2D eigenvalue weighted by Gasteiger charge is 2.56. The number of rotatable bonds is 4. The lowest BCUT2D eigenvalue weighted by Gasteiger charge is -2.44. The fourth-order valence-electron chi connectivity index (χ4n) is 4.69. The van der Waals surface area contributed by atoms with Crippen molar-refractivity contribution in [1.82, 2.24) is 20.0 Å². The van der Waals surface area contributed by atoms with Crippen molar-refractivity contribution in [3.8, 4) is 0 Å². The number of carbonyl (C=O) groups is 3. The van der Waals surface area contributed by atoms with Gasteiger partial charge in [0.05, 0.1) is 6.61 Å². The summed E-state index contributed by atoms with van der Waals surface area (Å²) in [7, 11) is 1.66. The van der Waals surface area contributed by atoms with Gasteiger partial charge in [0.2, 0.25) is 0 Å². The van der Waals surface area contributed by atoms with E-state index in [0.29, 0.717) is 0 Å². The normalized spacial score (nSPS) is 26.7. The molecule has 3 heterocycles. The predicted molar refractivity (Wildman–Crippen MR) is 111 cm³/mol. The summed E-state index contributed by atoms with van der Waals surface area (Å²) in [5.41, 5.74) is 3.54. The number of anilines is 1. The van der Waals surface area contributed by atoms with E-state index in [1.54, 1.807) is 14.0 Å². The van der Waals surface area contributed by atoms with Crippen LogP contribution >= 0.6 is 0 Å². The number of fused-ring (bicyclic) bond motifs is 3. The highest BCUT2D eigenvalue weighted by molar-refractivity contribution is 6.02. The number of ether oxygens (including phenoxy) is 1. The highest BCUT2D eigenvalue weighted by Crippen LogP contribution is 2.34. The molecule has 1 aromatic rings. The van der Waals surface area contributed by atoms with E-state index in [2.05, 4.69) is 41.1 Å². The minimum Gasteiger partial charge on any atom is -0.465 e. The maximum absolute atomic E-state index is 13.3. The average molecular weight is 415 g/mol. The molecule has 9 nitrogen and oxygen atoms in total. The van der Waals surface area contributed by atoms with Crippen LogP contribution < -0.4 is 10.2 Å². The number of nitrogens with one attached hydrogen (secondary N) is 1. The van der Waals surface area contributed by atoms with E-state index < -0.39 is 24.2 Å². The first-order chi connectivity index (χ1) is 14.3. The lowest BCUT2D eigenvalue weighted by molar-refractivity contribution is -0.151. The van der Waals surface area contributed by atoms with Crippen molar-refractivity contribution in [3.63, 3.8) is 0 Å². The second-order valence-electron chi connectivity index (χ2n) is 8.06. The number of nitrogens with zero attached hydrogens (tertiary/aromatic N) is 4. The number of likely N-dealkylation sites (N-methyl/N-ethyl adjacent to an activating group) is 1. The van der Waals surface area contributed by atoms with Crippen molar-refractivity contribution in [3.05, 3.63) is 29.3 Å². The first-order valence-electron chi connectivity index (χ1n) is 10.4. The Labute approximate surface area is 176 Å². The zero-order valence-electron chi connectivity index (χ0n) is 17.9. The summed E-state index contributed by atoms with van der Waals surface area (Å²) in [5, 5.41) is 3.49. The molecule has 3 amide bonds. The van der Waals surface area contributed by atoms with Crippen LogP contribution in [0.1, 0.15) is 24.5 Å². The zero-order valence-corrected chi connectivity index (χ0v) is 17.9. The molecule has 3 saturated heterocycles. The third-order valence-electron chi connectivity index (χ3n) is 6.35. The Morgan fingerprint density at radius 3 is 2.73 bits per heavy atom. The number of aryl methyl sites for hydroxylation is 1. The molecule has 3 atom stereocenters. The summed E-state index contributed by atoms with van der Waals surface area (Å²) in [6.07, 6.45) is 0.257. The Morgan fingerprint density at radius 2 is 2.00 bits per heavy atom. The number of amides is 3. The third kappa shape index (κ3) is 3.22. The molecule has 0 aromatic heterocycles. The van der Waals surface area contributed by atoms with Gasteiger partial charge in [-0.05, 0) is 44.4 Å². The Morgan fingerprint density at radius 1 is 1.23 bits per heavy atom. The summed E-state index contributed by atoms with van der Waals surface area (Å²) in [6, 6.07) is 5.20. The van der Waals surface area contributed by atoms with E-state index in [-0.39, 0.29) is 25.3 Å². The maximum atomic E-state index is 13.3. The highest BCUT2D eigenvalue weighted by atomic mass is 16.5. The van der Waals surface area contributed by atoms with Crippen molar-refractivity contribution < 1.29 is 19.1 Å². The van der Waals surface area contributed by atoms with Gasteiger partial charge in [0.15, 0.2) is 0 Å². The lowest BCUT2D eigenvalue weighted by Crippen LogP contribution is -2.67. The van der Waals surface area contributed by atoms with E-state index in [1.807, 2.05) is 6.07 Å². The van der Waals surface area contributed by atoms with Gasteiger partial charge >= 0.3 is 12.0 Å². The van der Waals surface area contributed by atoms with Crippen molar-refractivity contribution in [2.75, 3.05) is 38.2 Å². The molecule has 1 N–H and O–H groups in total. The Balaban J connectivity index is 1.63. The van der Waals surface area contributed by atoms with Crippen molar-refractivity contribution in [1.29, 1.82) is 0 Å². The number of esters is 1. The van der Waals surface area contributed by atoms with E-state index in [9.17, 15) is 14.4 Å². The van der Waals surface area contributed by atoms with Gasteiger partial charge in [-0.1, -0.05) is 12.1 Å². The molecule has 3 aliphatic heterocycles. The molecule has 3 unspecified atom stereocenters. The fourth-order valence-corrected chi connectivity index (χ4v) is 4.69. The fraction of sp³-hybridized carbons (Fsp3) is 0.571. The number of hydrogen-bond acceptors (Lipinski definition) is 7. The van der Waals surface area contributed by atoms with E-state index in [1.165, 1.54) is 16.0 Å². The van der Waals surface area contributed by atoms with Crippen molar-refractivity contribution in [2.24, 2.45) is 0 Å². The number of carbonyl (C=O) groups excluding carboxylic acids is 3. The molecular weight excluding hydrogens is 386 g/mol. The Kier molecular flexibility index (Phi) is 5.42. The van der Waals surface area contributed by atoms with Crippen LogP contribution in [-0.4, -0.2) is 84.4 Å². The maximum Gasteiger partial charge on any atom is 0.328 e. The van der Waals surface area contributed by atoms with Gasteiger partial charge in [0, 0.05) is 25.8 Å². The van der Waals surface area contributed by atoms with Crippen LogP contribution in [0.5, 0.6) is 0 Å². The number of hydrogen-bond donors (Lipinski definition) is 1. The molecule has 4 rings (SSSR count). The van der Waals surface area contributed by atoms with Crippen LogP contribution in [0.2, 0.25) is 0 Å². The van der Waals surface area contributed by atoms with E-state index >= 15 is 0 Å². The third-order valence-corrected chi connectivity index (χ3v) is 6.35. The molecule has 0 saturated carbocycles. The molecule has 162 valence electrons. The number of urea groups is 1. The molecule has 1 aromatic carbocycles. The summed E-state index contributed by atoms with van der Waals surface area (Å²) in [4.78, 5) is 45.0. The molecular formula is C21H29N5O4. The number of benzene rings is 1. The molecule has 3 aliphatic rings. The molecule has 0 spiro atoms. The predicted octanol–water partition coefficient (Wildman–Crippen LogP) is 0.854. The summed E-state index contributed by atoms with van der Waals surface area (Å²) >= 11 is 0. The second kappa shape index (κ2) is 7.88. The first kappa shape index (κ1) is 20.6. The molecule has 0 aliphatic carbocycles. The van der Waals surface area contributed by atoms with Crippen molar-refractivity contribution >= 4 is 23.6 Å². The molecule has 30 heavy (non-hydrogen) atoms. The van der Waals surface area contributed by atoms with Gasteiger partial charge in [-0.3, -0.25) is 24.7 Å². The quantitative estimate of drug-likeness (QED) is 0.730. The van der Waals surface area contributed by atoms with Gasteiger partial charge in [0.1, 0.15) is 25.0 Å².